The van der Waals surface area contributed by atoms with Crippen LogP contribution < -0.4 is 16.0 Å². The number of ketones is 1. The number of piperazine rings is 1. The standard InChI is InChI=1S/C34H49FN6O5/c1-7-27-32(40-46-39-27)33(44)38-31(23-11-9-19(3)10-12-23)28(42)16-25-14-13-24(15-26(25)35)22(6)30(37-29(43)8-2)34(45)41-17-20(4)36-21(5)18-41/h13-15,19-23,30-31,36H,7-12,16-18H2,1-6H3,(H,37,43)(H,38,44)/t19?,20-,21+,22-,23?,30+,31-/m0/s1. The fraction of sp³-hybridized carbons (Fsp3) is 0.647. The van der Waals surface area contributed by atoms with Crippen LogP contribution in [0.25, 0.3) is 0 Å². The first kappa shape index (κ1) is 35.2. The Labute approximate surface area is 270 Å². The smallest absolute Gasteiger partial charge is 0.276 e. The summed E-state index contributed by atoms with van der Waals surface area (Å²) in [7, 11) is 0. The molecule has 12 heteroatoms. The Kier molecular flexibility index (Phi) is 12.0. The fourth-order valence-corrected chi connectivity index (χ4v) is 6.76. The Morgan fingerprint density at radius 1 is 1.02 bits per heavy atom. The number of nitrogens with zero attached hydrogens (tertiary/aromatic N) is 3. The molecule has 2 aliphatic rings. The van der Waals surface area contributed by atoms with E-state index in [1.54, 1.807) is 30.9 Å². The minimum Gasteiger partial charge on any atom is -0.344 e. The van der Waals surface area contributed by atoms with E-state index in [0.29, 0.717) is 36.7 Å². The average molecular weight is 641 g/mol. The van der Waals surface area contributed by atoms with Crippen molar-refractivity contribution in [2.45, 2.75) is 117 Å². The quantitative estimate of drug-likeness (QED) is 0.318. The van der Waals surface area contributed by atoms with Crippen LogP contribution in [0.4, 0.5) is 4.39 Å². The van der Waals surface area contributed by atoms with Crippen LogP contribution >= 0.6 is 0 Å². The number of hydrogen-bond donors (Lipinski definition) is 3. The minimum atomic E-state index is -0.871. The number of amides is 3. The minimum absolute atomic E-state index is 0.0537. The fourth-order valence-electron chi connectivity index (χ4n) is 6.76. The van der Waals surface area contributed by atoms with Crippen LogP contribution in [-0.2, 0) is 27.2 Å². The van der Waals surface area contributed by atoms with Crippen molar-refractivity contribution in [1.82, 2.24) is 31.2 Å². The highest BCUT2D eigenvalue weighted by molar-refractivity contribution is 5.97. The van der Waals surface area contributed by atoms with Gasteiger partial charge in [0.15, 0.2) is 11.5 Å². The van der Waals surface area contributed by atoms with Crippen LogP contribution in [0.2, 0.25) is 0 Å². The topological polar surface area (TPSA) is 147 Å². The van der Waals surface area contributed by atoms with Gasteiger partial charge < -0.3 is 20.9 Å². The molecule has 1 aliphatic carbocycles. The molecule has 3 N–H and O–H groups in total. The van der Waals surface area contributed by atoms with Gasteiger partial charge in [-0.25, -0.2) is 9.02 Å². The Bertz CT molecular complexity index is 1380. The van der Waals surface area contributed by atoms with Crippen molar-refractivity contribution in [3.05, 3.63) is 46.5 Å². The van der Waals surface area contributed by atoms with E-state index in [9.17, 15) is 19.2 Å². The lowest BCUT2D eigenvalue weighted by atomic mass is 9.77. The van der Waals surface area contributed by atoms with Gasteiger partial charge in [-0.2, -0.15) is 0 Å². The summed E-state index contributed by atoms with van der Waals surface area (Å²) in [5.41, 5.74) is 1.20. The van der Waals surface area contributed by atoms with Crippen molar-refractivity contribution in [3.63, 3.8) is 0 Å². The van der Waals surface area contributed by atoms with Crippen LogP contribution in [0.5, 0.6) is 0 Å². The summed E-state index contributed by atoms with van der Waals surface area (Å²) in [6.45, 7) is 12.6. The maximum Gasteiger partial charge on any atom is 0.276 e. The lowest BCUT2D eigenvalue weighted by molar-refractivity contribution is -0.138. The molecule has 3 amide bonds. The van der Waals surface area contributed by atoms with Gasteiger partial charge in [-0.1, -0.05) is 57.8 Å². The molecule has 1 saturated heterocycles. The molecule has 0 spiro atoms. The molecule has 2 aromatic rings. The van der Waals surface area contributed by atoms with Gasteiger partial charge in [-0.15, -0.1) is 0 Å². The number of halogens is 1. The zero-order valence-electron chi connectivity index (χ0n) is 27.9. The highest BCUT2D eigenvalue weighted by Crippen LogP contribution is 2.32. The van der Waals surface area contributed by atoms with Crippen molar-refractivity contribution in [2.24, 2.45) is 11.8 Å². The maximum atomic E-state index is 15.7. The van der Waals surface area contributed by atoms with Gasteiger partial charge >= 0.3 is 0 Å². The number of aromatic nitrogens is 2. The summed E-state index contributed by atoms with van der Waals surface area (Å²) in [6.07, 6.45) is 3.89. The molecule has 11 nitrogen and oxygen atoms in total. The van der Waals surface area contributed by atoms with E-state index in [2.05, 4.69) is 33.2 Å². The third kappa shape index (κ3) is 8.57. The van der Waals surface area contributed by atoms with Crippen LogP contribution in [0.15, 0.2) is 22.8 Å². The predicted octanol–water partition coefficient (Wildman–Crippen LogP) is 3.71. The number of carbonyl (C=O) groups excluding carboxylic acids is 4. The van der Waals surface area contributed by atoms with Crippen molar-refractivity contribution in [3.8, 4) is 0 Å². The normalized spacial score (nSPS) is 23.7. The molecule has 1 aromatic carbocycles. The maximum absolute atomic E-state index is 15.7. The molecule has 1 aromatic heterocycles. The van der Waals surface area contributed by atoms with Crippen molar-refractivity contribution < 1.29 is 28.2 Å². The second-order valence-corrected chi connectivity index (χ2v) is 13.3. The van der Waals surface area contributed by atoms with Crippen molar-refractivity contribution >= 4 is 23.5 Å². The van der Waals surface area contributed by atoms with Crippen LogP contribution in [0, 0.1) is 17.7 Å². The SMILES string of the molecule is CCC(=O)N[C@@H](C(=O)N1C[C@@H](C)N[C@@H](C)C1)[C@@H](C)c1ccc(CC(=O)[C@@H](NC(=O)c2nonc2CC)C2CCC(C)CC2)c(F)c1. The Morgan fingerprint density at radius 2 is 1.70 bits per heavy atom. The predicted molar refractivity (Wildman–Crippen MR) is 170 cm³/mol. The third-order valence-electron chi connectivity index (χ3n) is 9.51. The first-order valence-electron chi connectivity index (χ1n) is 16.7. The third-order valence-corrected chi connectivity index (χ3v) is 9.51. The van der Waals surface area contributed by atoms with E-state index in [1.807, 2.05) is 20.8 Å². The Hall–Kier alpha value is -3.67. The molecule has 0 bridgehead atoms. The molecule has 46 heavy (non-hydrogen) atoms. The number of benzene rings is 1. The molecule has 1 saturated carbocycles. The zero-order valence-corrected chi connectivity index (χ0v) is 27.9. The summed E-state index contributed by atoms with van der Waals surface area (Å²) in [5, 5.41) is 16.7. The molecule has 1 aliphatic heterocycles. The average Bonchev–Trinajstić information content (AvgIpc) is 3.52. The summed E-state index contributed by atoms with van der Waals surface area (Å²) in [5.74, 6) is -1.93. The monoisotopic (exact) mass is 640 g/mol. The summed E-state index contributed by atoms with van der Waals surface area (Å²) in [4.78, 5) is 54.8. The molecule has 0 radical (unpaired) electrons. The molecular formula is C34H49FN6O5. The van der Waals surface area contributed by atoms with Gasteiger partial charge in [0.25, 0.3) is 5.91 Å². The molecule has 5 atom stereocenters. The number of Topliss-reactive ketones (excluding diaryl/α,β-unsaturated/α-hetero) is 1. The highest BCUT2D eigenvalue weighted by Gasteiger charge is 2.36. The second kappa shape index (κ2) is 15.8. The lowest BCUT2D eigenvalue weighted by Crippen LogP contribution is -2.60. The zero-order chi connectivity index (χ0) is 33.5. The number of carbonyl (C=O) groups is 4. The van der Waals surface area contributed by atoms with Crippen LogP contribution in [0.3, 0.4) is 0 Å². The molecule has 2 heterocycles. The second-order valence-electron chi connectivity index (χ2n) is 13.3. The molecule has 252 valence electrons. The lowest BCUT2D eigenvalue weighted by Gasteiger charge is -2.39. The Balaban J connectivity index is 1.53. The largest absolute Gasteiger partial charge is 0.344 e. The van der Waals surface area contributed by atoms with E-state index in [-0.39, 0.29) is 59.7 Å². The van der Waals surface area contributed by atoms with Gasteiger partial charge in [-0.3, -0.25) is 19.2 Å². The summed E-state index contributed by atoms with van der Waals surface area (Å²) < 4.78 is 20.5. The van der Waals surface area contributed by atoms with Gasteiger partial charge in [0.2, 0.25) is 11.8 Å². The van der Waals surface area contributed by atoms with E-state index in [0.717, 1.165) is 25.7 Å². The number of nitrogens with one attached hydrogen (secondary N) is 3. The Morgan fingerprint density at radius 3 is 2.30 bits per heavy atom. The summed E-state index contributed by atoms with van der Waals surface area (Å²) in [6, 6.07) is 3.15. The first-order valence-corrected chi connectivity index (χ1v) is 16.7. The van der Waals surface area contributed by atoms with Crippen LogP contribution in [-0.4, -0.2) is 76.0 Å². The van der Waals surface area contributed by atoms with Crippen LogP contribution in [0.1, 0.15) is 107 Å². The van der Waals surface area contributed by atoms with Gasteiger partial charge in [0, 0.05) is 43.9 Å². The molecular weight excluding hydrogens is 591 g/mol. The highest BCUT2D eigenvalue weighted by atomic mass is 19.1. The van der Waals surface area contributed by atoms with E-state index < -0.39 is 29.7 Å². The number of hydrogen-bond acceptors (Lipinski definition) is 8. The number of rotatable bonds is 12. The summed E-state index contributed by atoms with van der Waals surface area (Å²) >= 11 is 0. The molecule has 2 fully saturated rings. The van der Waals surface area contributed by atoms with Gasteiger partial charge in [0.05, 0.1) is 6.04 Å². The van der Waals surface area contributed by atoms with Crippen molar-refractivity contribution in [1.29, 1.82) is 0 Å². The molecule has 0 unspecified atom stereocenters. The van der Waals surface area contributed by atoms with Gasteiger partial charge in [-0.05, 0) is 67.3 Å². The molecule has 4 rings (SSSR count). The van der Waals surface area contributed by atoms with Crippen molar-refractivity contribution in [2.75, 3.05) is 13.1 Å². The number of aryl methyl sites for hydroxylation is 1. The van der Waals surface area contributed by atoms with E-state index in [4.69, 9.17) is 4.63 Å². The first-order chi connectivity index (χ1) is 21.9. The van der Waals surface area contributed by atoms with E-state index >= 15 is 4.39 Å². The van der Waals surface area contributed by atoms with E-state index in [1.165, 1.54) is 6.07 Å². The van der Waals surface area contributed by atoms with Gasteiger partial charge in [0.1, 0.15) is 17.6 Å².